The third-order valence-electron chi connectivity index (χ3n) is 3.46. The molecule has 1 heterocycles. The van der Waals surface area contributed by atoms with Crippen molar-refractivity contribution in [2.75, 3.05) is 45.6 Å². The largest absolute Gasteiger partial charge is 0.379 e. The number of hydrogen-bond donors (Lipinski definition) is 1. The van der Waals surface area contributed by atoms with Crippen LogP contribution in [-0.2, 0) is 20.3 Å². The van der Waals surface area contributed by atoms with E-state index in [9.17, 15) is 13.2 Å². The summed E-state index contributed by atoms with van der Waals surface area (Å²) in [5.74, 6) is -0.148. The first kappa shape index (κ1) is 16.9. The van der Waals surface area contributed by atoms with Gasteiger partial charge in [-0.15, -0.1) is 0 Å². The van der Waals surface area contributed by atoms with Gasteiger partial charge in [0.2, 0.25) is 0 Å². The number of nitrogens with one attached hydrogen (secondary N) is 1. The Hall–Kier alpha value is -1.44. The molecule has 6 nitrogen and oxygen atoms in total. The maximum Gasteiger partial charge on any atom is 0.251 e. The molecule has 1 aliphatic heterocycles. The van der Waals surface area contributed by atoms with Gasteiger partial charge in [-0.1, -0.05) is 12.1 Å². The smallest absolute Gasteiger partial charge is 0.251 e. The fraction of sp³-hybridized carbons (Fsp3) is 0.533. The maximum absolute atomic E-state index is 12.0. The highest BCUT2D eigenvalue weighted by Gasteiger charge is 2.11. The van der Waals surface area contributed by atoms with Crippen LogP contribution in [0.1, 0.15) is 15.9 Å². The van der Waals surface area contributed by atoms with Crippen LogP contribution in [0.4, 0.5) is 0 Å². The van der Waals surface area contributed by atoms with Gasteiger partial charge in [-0.3, -0.25) is 9.69 Å². The molecule has 0 bridgehead atoms. The second-order valence-corrected chi connectivity index (χ2v) is 7.62. The molecule has 0 aliphatic carbocycles. The molecule has 1 aromatic rings. The Bertz CT molecular complexity index is 592. The van der Waals surface area contributed by atoms with E-state index >= 15 is 0 Å². The van der Waals surface area contributed by atoms with Gasteiger partial charge in [0.25, 0.3) is 5.91 Å². The van der Waals surface area contributed by atoms with Gasteiger partial charge < -0.3 is 10.1 Å². The summed E-state index contributed by atoms with van der Waals surface area (Å²) in [7, 11) is -3.05. The molecule has 0 radical (unpaired) electrons. The summed E-state index contributed by atoms with van der Waals surface area (Å²) in [4.78, 5) is 14.3. The Morgan fingerprint density at radius 2 is 1.86 bits per heavy atom. The molecule has 22 heavy (non-hydrogen) atoms. The van der Waals surface area contributed by atoms with Gasteiger partial charge in [-0.25, -0.2) is 8.42 Å². The molecule has 1 amide bonds. The summed E-state index contributed by atoms with van der Waals surface area (Å²) in [5, 5.41) is 2.87. The van der Waals surface area contributed by atoms with Gasteiger partial charge in [0.15, 0.2) is 9.84 Å². The Kier molecular flexibility index (Phi) is 5.93. The van der Waals surface area contributed by atoms with Crippen molar-refractivity contribution in [2.24, 2.45) is 0 Å². The monoisotopic (exact) mass is 326 g/mol. The molecule has 1 aromatic carbocycles. The number of sulfone groups is 1. The Labute approximate surface area is 131 Å². The van der Waals surface area contributed by atoms with Crippen molar-refractivity contribution in [1.29, 1.82) is 0 Å². The van der Waals surface area contributed by atoms with Crippen LogP contribution in [0.15, 0.2) is 24.3 Å². The van der Waals surface area contributed by atoms with Crippen LogP contribution in [0.5, 0.6) is 0 Å². The third kappa shape index (κ3) is 5.75. The molecular weight excluding hydrogens is 304 g/mol. The number of benzene rings is 1. The van der Waals surface area contributed by atoms with Crippen molar-refractivity contribution in [3.8, 4) is 0 Å². The average molecular weight is 326 g/mol. The SMILES string of the molecule is CS(=O)(=O)Cc1ccc(C(=O)NCCN2CCOCC2)cc1. The summed E-state index contributed by atoms with van der Waals surface area (Å²) in [6.45, 7) is 4.68. The van der Waals surface area contributed by atoms with E-state index < -0.39 is 9.84 Å². The van der Waals surface area contributed by atoms with Gasteiger partial charge in [0.1, 0.15) is 0 Å². The van der Waals surface area contributed by atoms with Crippen LogP contribution in [-0.4, -0.2) is 64.9 Å². The topological polar surface area (TPSA) is 75.7 Å². The minimum Gasteiger partial charge on any atom is -0.379 e. The lowest BCUT2D eigenvalue weighted by Crippen LogP contribution is -2.41. The van der Waals surface area contributed by atoms with Crippen LogP contribution in [0.2, 0.25) is 0 Å². The quantitative estimate of drug-likeness (QED) is 0.813. The van der Waals surface area contributed by atoms with Crippen LogP contribution < -0.4 is 5.32 Å². The first-order chi connectivity index (χ1) is 10.4. The number of hydrogen-bond acceptors (Lipinski definition) is 5. The van der Waals surface area contributed by atoms with Crippen molar-refractivity contribution >= 4 is 15.7 Å². The van der Waals surface area contributed by atoms with E-state index in [2.05, 4.69) is 10.2 Å². The minimum absolute atomic E-state index is 0.00801. The maximum atomic E-state index is 12.0. The summed E-state index contributed by atoms with van der Waals surface area (Å²) in [5.41, 5.74) is 1.23. The number of rotatable bonds is 6. The molecule has 0 spiro atoms. The fourth-order valence-electron chi connectivity index (χ4n) is 2.31. The van der Waals surface area contributed by atoms with Crippen LogP contribution in [0.25, 0.3) is 0 Å². The molecule has 0 unspecified atom stereocenters. The van der Waals surface area contributed by atoms with E-state index in [0.717, 1.165) is 32.8 Å². The van der Waals surface area contributed by atoms with Gasteiger partial charge in [0.05, 0.1) is 19.0 Å². The predicted molar refractivity (Wildman–Crippen MR) is 84.6 cm³/mol. The zero-order chi connectivity index (χ0) is 16.0. The molecule has 122 valence electrons. The molecule has 2 rings (SSSR count). The van der Waals surface area contributed by atoms with Crippen molar-refractivity contribution < 1.29 is 17.9 Å². The second-order valence-electron chi connectivity index (χ2n) is 5.48. The lowest BCUT2D eigenvalue weighted by atomic mass is 10.1. The van der Waals surface area contributed by atoms with Crippen LogP contribution in [0.3, 0.4) is 0 Å². The van der Waals surface area contributed by atoms with Crippen LogP contribution in [0, 0.1) is 0 Å². The fourth-order valence-corrected chi connectivity index (χ4v) is 3.11. The van der Waals surface area contributed by atoms with Crippen molar-refractivity contribution in [1.82, 2.24) is 10.2 Å². The zero-order valence-corrected chi connectivity index (χ0v) is 13.6. The van der Waals surface area contributed by atoms with Gasteiger partial charge in [0, 0.05) is 38.0 Å². The lowest BCUT2D eigenvalue weighted by Gasteiger charge is -2.26. The number of morpholine rings is 1. The molecular formula is C15H22N2O4S. The number of ether oxygens (including phenoxy) is 1. The Morgan fingerprint density at radius 3 is 2.45 bits per heavy atom. The predicted octanol–water partition coefficient (Wildman–Crippen LogP) is 0.293. The Morgan fingerprint density at radius 1 is 1.23 bits per heavy atom. The molecule has 1 aliphatic rings. The van der Waals surface area contributed by atoms with Gasteiger partial charge in [-0.2, -0.15) is 0 Å². The molecule has 1 N–H and O–H groups in total. The lowest BCUT2D eigenvalue weighted by molar-refractivity contribution is 0.0383. The van der Waals surface area contributed by atoms with E-state index in [0.29, 0.717) is 17.7 Å². The van der Waals surface area contributed by atoms with E-state index in [1.54, 1.807) is 24.3 Å². The summed E-state index contributed by atoms with van der Waals surface area (Å²) >= 11 is 0. The van der Waals surface area contributed by atoms with Crippen LogP contribution >= 0.6 is 0 Å². The first-order valence-electron chi connectivity index (χ1n) is 7.29. The molecule has 7 heteroatoms. The zero-order valence-electron chi connectivity index (χ0n) is 12.7. The molecule has 0 aromatic heterocycles. The number of carbonyl (C=O) groups is 1. The Balaban J connectivity index is 1.79. The minimum atomic E-state index is -3.05. The van der Waals surface area contributed by atoms with E-state index in [4.69, 9.17) is 4.74 Å². The number of amides is 1. The van der Waals surface area contributed by atoms with E-state index in [1.165, 1.54) is 6.26 Å². The molecule has 0 saturated carbocycles. The highest BCUT2D eigenvalue weighted by Crippen LogP contribution is 2.08. The molecule has 1 fully saturated rings. The summed E-state index contributed by atoms with van der Waals surface area (Å²) < 4.78 is 27.7. The van der Waals surface area contributed by atoms with Crippen molar-refractivity contribution in [3.05, 3.63) is 35.4 Å². The number of carbonyl (C=O) groups excluding carboxylic acids is 1. The van der Waals surface area contributed by atoms with Crippen molar-refractivity contribution in [2.45, 2.75) is 5.75 Å². The average Bonchev–Trinajstić information content (AvgIpc) is 2.47. The molecule has 0 atom stereocenters. The van der Waals surface area contributed by atoms with Gasteiger partial charge in [-0.05, 0) is 17.7 Å². The van der Waals surface area contributed by atoms with E-state index in [1.807, 2.05) is 0 Å². The van der Waals surface area contributed by atoms with Gasteiger partial charge >= 0.3 is 0 Å². The normalized spacial score (nSPS) is 16.4. The second kappa shape index (κ2) is 7.71. The summed E-state index contributed by atoms with van der Waals surface area (Å²) in [6, 6.07) is 6.67. The third-order valence-corrected chi connectivity index (χ3v) is 4.32. The standard InChI is InChI=1S/C15H22N2O4S/c1-22(19,20)12-13-2-4-14(5-3-13)15(18)16-6-7-17-8-10-21-11-9-17/h2-5H,6-12H2,1H3,(H,16,18). The molecule has 1 saturated heterocycles. The first-order valence-corrected chi connectivity index (χ1v) is 9.35. The highest BCUT2D eigenvalue weighted by molar-refractivity contribution is 7.89. The summed E-state index contributed by atoms with van der Waals surface area (Å²) in [6.07, 6.45) is 1.19. The van der Waals surface area contributed by atoms with Crippen molar-refractivity contribution in [3.63, 3.8) is 0 Å². The number of nitrogens with zero attached hydrogens (tertiary/aromatic N) is 1. The van der Waals surface area contributed by atoms with E-state index in [-0.39, 0.29) is 11.7 Å². The highest BCUT2D eigenvalue weighted by atomic mass is 32.2.